The summed E-state index contributed by atoms with van der Waals surface area (Å²) >= 11 is 6.13. The van der Waals surface area contributed by atoms with E-state index in [4.69, 9.17) is 16.3 Å². The molecule has 1 amide bonds. The molecule has 0 fully saturated rings. The highest BCUT2D eigenvalue weighted by atomic mass is 35.5. The molecule has 0 aliphatic carbocycles. The van der Waals surface area contributed by atoms with Crippen LogP contribution in [0.15, 0.2) is 48.5 Å². The summed E-state index contributed by atoms with van der Waals surface area (Å²) in [6, 6.07) is 14.5. The number of anilines is 2. The summed E-state index contributed by atoms with van der Waals surface area (Å²) in [4.78, 5) is 21.6. The second-order valence-electron chi connectivity index (χ2n) is 7.03. The number of halogens is 1. The van der Waals surface area contributed by atoms with Crippen molar-refractivity contribution in [1.29, 1.82) is 0 Å². The number of aromatic nitrogens is 2. The number of hydrogen-bond acceptors (Lipinski definition) is 5. The van der Waals surface area contributed by atoms with E-state index in [9.17, 15) is 4.79 Å². The van der Waals surface area contributed by atoms with Gasteiger partial charge in [-0.05, 0) is 56.3 Å². The van der Waals surface area contributed by atoms with E-state index in [2.05, 4.69) is 20.6 Å². The van der Waals surface area contributed by atoms with Crippen molar-refractivity contribution in [3.05, 3.63) is 76.1 Å². The number of amides is 1. The van der Waals surface area contributed by atoms with Crippen LogP contribution in [0.1, 0.15) is 39.8 Å². The minimum atomic E-state index is -0.159. The topological polar surface area (TPSA) is 76.1 Å². The molecule has 0 bridgehead atoms. The maximum absolute atomic E-state index is 12.9. The van der Waals surface area contributed by atoms with Gasteiger partial charge in [-0.3, -0.25) is 4.79 Å². The van der Waals surface area contributed by atoms with E-state index < -0.39 is 0 Å². The Morgan fingerprint density at radius 3 is 2.69 bits per heavy atom. The van der Waals surface area contributed by atoms with Gasteiger partial charge in [-0.1, -0.05) is 17.7 Å². The normalized spacial score (nSPS) is 15.2. The van der Waals surface area contributed by atoms with Crippen molar-refractivity contribution in [2.24, 2.45) is 0 Å². The Bertz CT molecular complexity index is 1050. The Balaban J connectivity index is 1.52. The Labute approximate surface area is 174 Å². The summed E-state index contributed by atoms with van der Waals surface area (Å²) in [6.07, 6.45) is 0.688. The lowest BCUT2D eigenvalue weighted by molar-refractivity contribution is 0.0925. The number of aryl methyl sites for hydroxylation is 2. The Hall–Kier alpha value is -3.12. The molecule has 1 aromatic heterocycles. The van der Waals surface area contributed by atoms with E-state index in [1.54, 1.807) is 18.2 Å². The number of fused-ring (bicyclic) bond motifs is 1. The largest absolute Gasteiger partial charge is 0.493 e. The van der Waals surface area contributed by atoms with Gasteiger partial charge in [-0.2, -0.15) is 0 Å². The smallest absolute Gasteiger partial charge is 0.251 e. The number of rotatable bonds is 4. The van der Waals surface area contributed by atoms with Gasteiger partial charge in [0.1, 0.15) is 5.75 Å². The molecule has 0 spiro atoms. The number of carbonyl (C=O) groups is 1. The highest BCUT2D eigenvalue weighted by molar-refractivity contribution is 6.30. The first-order valence-corrected chi connectivity index (χ1v) is 9.78. The molecule has 0 saturated heterocycles. The predicted molar refractivity (Wildman–Crippen MR) is 113 cm³/mol. The Kier molecular flexibility index (Phi) is 5.36. The molecule has 1 atom stereocenters. The van der Waals surface area contributed by atoms with Gasteiger partial charge in [0.15, 0.2) is 0 Å². The molecule has 148 valence electrons. The third-order valence-electron chi connectivity index (χ3n) is 4.68. The van der Waals surface area contributed by atoms with Crippen molar-refractivity contribution in [2.75, 3.05) is 11.9 Å². The van der Waals surface area contributed by atoms with Gasteiger partial charge in [-0.15, -0.1) is 0 Å². The van der Waals surface area contributed by atoms with Gasteiger partial charge in [0.05, 0.1) is 12.6 Å². The van der Waals surface area contributed by atoms with Gasteiger partial charge < -0.3 is 15.4 Å². The van der Waals surface area contributed by atoms with Crippen LogP contribution in [0.25, 0.3) is 0 Å². The van der Waals surface area contributed by atoms with E-state index in [0.29, 0.717) is 29.6 Å². The molecule has 2 heterocycles. The Morgan fingerprint density at radius 1 is 1.10 bits per heavy atom. The molecule has 4 rings (SSSR count). The van der Waals surface area contributed by atoms with Gasteiger partial charge >= 0.3 is 0 Å². The number of nitrogens with zero attached hydrogens (tertiary/aromatic N) is 2. The van der Waals surface area contributed by atoms with Crippen LogP contribution in [0.4, 0.5) is 11.6 Å². The van der Waals surface area contributed by atoms with Crippen molar-refractivity contribution in [2.45, 2.75) is 26.3 Å². The quantitative estimate of drug-likeness (QED) is 0.651. The maximum Gasteiger partial charge on any atom is 0.251 e. The molecule has 1 unspecified atom stereocenters. The molecule has 7 heteroatoms. The second-order valence-corrected chi connectivity index (χ2v) is 7.46. The monoisotopic (exact) mass is 408 g/mol. The summed E-state index contributed by atoms with van der Waals surface area (Å²) in [5.74, 6) is 1.11. The fourth-order valence-electron chi connectivity index (χ4n) is 3.41. The highest BCUT2D eigenvalue weighted by Gasteiger charge is 2.24. The van der Waals surface area contributed by atoms with Crippen molar-refractivity contribution < 1.29 is 9.53 Å². The molecule has 2 aromatic carbocycles. The van der Waals surface area contributed by atoms with Gasteiger partial charge in [0.2, 0.25) is 5.95 Å². The summed E-state index contributed by atoms with van der Waals surface area (Å²) in [5, 5.41) is 6.88. The zero-order valence-electron chi connectivity index (χ0n) is 16.2. The van der Waals surface area contributed by atoms with E-state index in [1.807, 2.05) is 44.2 Å². The number of ether oxygens (including phenoxy) is 1. The molecule has 1 aliphatic rings. The standard InChI is InChI=1S/C22H21ClN4O2/c1-13-10-14(2)25-22(24-13)26-17-5-3-4-15(11-17)21(28)27-19-8-9-29-20-7-6-16(23)12-18(19)20/h3-7,10-12,19H,8-9H2,1-2H3,(H,27,28)(H,24,25,26). The van der Waals surface area contributed by atoms with Crippen LogP contribution in [-0.2, 0) is 0 Å². The average molecular weight is 409 g/mol. The average Bonchev–Trinajstić information content (AvgIpc) is 2.68. The zero-order chi connectivity index (χ0) is 20.4. The molecule has 6 nitrogen and oxygen atoms in total. The summed E-state index contributed by atoms with van der Waals surface area (Å²) in [5.41, 5.74) is 3.96. The van der Waals surface area contributed by atoms with Crippen molar-refractivity contribution in [3.63, 3.8) is 0 Å². The van der Waals surface area contributed by atoms with Gasteiger partial charge in [0.25, 0.3) is 5.91 Å². The lowest BCUT2D eigenvalue weighted by Gasteiger charge is -2.27. The minimum Gasteiger partial charge on any atom is -0.493 e. The molecule has 0 saturated carbocycles. The van der Waals surface area contributed by atoms with Crippen LogP contribution in [0.3, 0.4) is 0 Å². The first kappa shape index (κ1) is 19.2. The van der Waals surface area contributed by atoms with Crippen LogP contribution < -0.4 is 15.4 Å². The van der Waals surface area contributed by atoms with Crippen molar-refractivity contribution in [3.8, 4) is 5.75 Å². The summed E-state index contributed by atoms with van der Waals surface area (Å²) in [7, 11) is 0. The number of carbonyl (C=O) groups excluding carboxylic acids is 1. The fraction of sp³-hybridized carbons (Fsp3) is 0.227. The van der Waals surface area contributed by atoms with Crippen molar-refractivity contribution in [1.82, 2.24) is 15.3 Å². The van der Waals surface area contributed by atoms with E-state index >= 15 is 0 Å². The molecule has 0 radical (unpaired) electrons. The number of benzene rings is 2. The Morgan fingerprint density at radius 2 is 1.90 bits per heavy atom. The SMILES string of the molecule is Cc1cc(C)nc(Nc2cccc(C(=O)NC3CCOc4ccc(Cl)cc43)c2)n1. The lowest BCUT2D eigenvalue weighted by Crippen LogP contribution is -2.32. The number of nitrogens with one attached hydrogen (secondary N) is 2. The third-order valence-corrected chi connectivity index (χ3v) is 4.91. The molecule has 1 aliphatic heterocycles. The third kappa shape index (κ3) is 4.49. The molecule has 3 aromatic rings. The second kappa shape index (κ2) is 8.09. The molecule has 29 heavy (non-hydrogen) atoms. The van der Waals surface area contributed by atoms with Crippen LogP contribution >= 0.6 is 11.6 Å². The lowest BCUT2D eigenvalue weighted by atomic mass is 10.00. The molecular weight excluding hydrogens is 388 g/mol. The van der Waals surface area contributed by atoms with Crippen LogP contribution in [0.5, 0.6) is 5.75 Å². The molecule has 2 N–H and O–H groups in total. The first-order valence-electron chi connectivity index (χ1n) is 9.40. The van der Waals surface area contributed by atoms with Crippen LogP contribution in [0.2, 0.25) is 5.02 Å². The number of hydrogen-bond donors (Lipinski definition) is 2. The maximum atomic E-state index is 12.9. The van der Waals surface area contributed by atoms with E-state index in [0.717, 1.165) is 28.4 Å². The summed E-state index contributed by atoms with van der Waals surface area (Å²) < 4.78 is 5.67. The first-order chi connectivity index (χ1) is 14.0. The minimum absolute atomic E-state index is 0.149. The zero-order valence-corrected chi connectivity index (χ0v) is 17.0. The fourth-order valence-corrected chi connectivity index (χ4v) is 3.59. The van der Waals surface area contributed by atoms with Crippen molar-refractivity contribution >= 4 is 29.1 Å². The van der Waals surface area contributed by atoms with Gasteiger partial charge in [0, 0.05) is 39.6 Å². The highest BCUT2D eigenvalue weighted by Crippen LogP contribution is 2.34. The van der Waals surface area contributed by atoms with Crippen LogP contribution in [0, 0.1) is 13.8 Å². The van der Waals surface area contributed by atoms with E-state index in [-0.39, 0.29) is 11.9 Å². The molecular formula is C22H21ClN4O2. The van der Waals surface area contributed by atoms with E-state index in [1.165, 1.54) is 0 Å². The van der Waals surface area contributed by atoms with Gasteiger partial charge in [-0.25, -0.2) is 9.97 Å². The predicted octanol–water partition coefficient (Wildman–Crippen LogP) is 4.74. The van der Waals surface area contributed by atoms with Crippen LogP contribution in [-0.4, -0.2) is 22.5 Å². The summed E-state index contributed by atoms with van der Waals surface area (Å²) in [6.45, 7) is 4.38.